The van der Waals surface area contributed by atoms with E-state index in [1.807, 2.05) is 6.07 Å². The standard InChI is InChI=1S/C28H34ClN3O6/c29-23-7-3-4-20(14-23)18-38-28(27(35)31-8-9-32-10-12-36-13-11-32)15-24(33)26(34)25(16-28)37-19-22-6-2-1-5-21(22)17-30/h1-7,14,24-26,33-34H,8-13,15-16,18-19H2,(H,31,35)/t24-,25?,26-,28+/m1/s1. The fourth-order valence-corrected chi connectivity index (χ4v) is 5.09. The van der Waals surface area contributed by atoms with Gasteiger partial charge >= 0.3 is 0 Å². The summed E-state index contributed by atoms with van der Waals surface area (Å²) in [5.41, 5.74) is 0.454. The van der Waals surface area contributed by atoms with Crippen LogP contribution in [0.4, 0.5) is 0 Å². The summed E-state index contributed by atoms with van der Waals surface area (Å²) in [6.07, 6.45) is -3.41. The van der Waals surface area contributed by atoms with Crippen LogP contribution in [0.2, 0.25) is 5.02 Å². The van der Waals surface area contributed by atoms with Crippen LogP contribution in [-0.4, -0.2) is 84.3 Å². The van der Waals surface area contributed by atoms with Gasteiger partial charge in [-0.1, -0.05) is 41.9 Å². The maximum Gasteiger partial charge on any atom is 0.252 e. The van der Waals surface area contributed by atoms with E-state index in [2.05, 4.69) is 16.3 Å². The number of halogens is 1. The van der Waals surface area contributed by atoms with Crippen molar-refractivity contribution >= 4 is 17.5 Å². The van der Waals surface area contributed by atoms with E-state index >= 15 is 0 Å². The van der Waals surface area contributed by atoms with E-state index in [1.165, 1.54) is 0 Å². The highest BCUT2D eigenvalue weighted by atomic mass is 35.5. The summed E-state index contributed by atoms with van der Waals surface area (Å²) in [6.45, 7) is 4.13. The molecule has 3 N–H and O–H groups in total. The fraction of sp³-hybridized carbons (Fsp3) is 0.500. The lowest BCUT2D eigenvalue weighted by Gasteiger charge is -2.44. The summed E-state index contributed by atoms with van der Waals surface area (Å²) in [5.74, 6) is -0.371. The number of hydrogen-bond acceptors (Lipinski definition) is 8. The monoisotopic (exact) mass is 543 g/mol. The Bertz CT molecular complexity index is 1120. The maximum absolute atomic E-state index is 13.6. The van der Waals surface area contributed by atoms with Crippen LogP contribution in [0.1, 0.15) is 29.5 Å². The average molecular weight is 544 g/mol. The molecule has 9 nitrogen and oxygen atoms in total. The Hall–Kier alpha value is -2.55. The Morgan fingerprint density at radius 3 is 2.71 bits per heavy atom. The molecule has 1 heterocycles. The molecule has 10 heteroatoms. The van der Waals surface area contributed by atoms with Crippen LogP contribution in [0.5, 0.6) is 0 Å². The summed E-state index contributed by atoms with van der Waals surface area (Å²) in [4.78, 5) is 15.8. The number of carbonyl (C=O) groups excluding carboxylic acids is 1. The number of amides is 1. The number of carbonyl (C=O) groups is 1. The van der Waals surface area contributed by atoms with Gasteiger partial charge in [-0.15, -0.1) is 0 Å². The molecule has 4 rings (SSSR count). The average Bonchev–Trinajstić information content (AvgIpc) is 2.93. The van der Waals surface area contributed by atoms with Crippen molar-refractivity contribution in [3.63, 3.8) is 0 Å². The molecule has 4 atom stereocenters. The van der Waals surface area contributed by atoms with Gasteiger partial charge in [-0.25, -0.2) is 0 Å². The normalized spacial score (nSPS) is 26.0. The molecule has 1 aliphatic carbocycles. The second kappa shape index (κ2) is 13.5. The summed E-state index contributed by atoms with van der Waals surface area (Å²) >= 11 is 6.13. The molecule has 0 spiro atoms. The number of nitriles is 1. The van der Waals surface area contributed by atoms with Gasteiger partial charge in [0.1, 0.15) is 6.10 Å². The summed E-state index contributed by atoms with van der Waals surface area (Å²) < 4.78 is 17.6. The van der Waals surface area contributed by atoms with Crippen molar-refractivity contribution in [1.82, 2.24) is 10.2 Å². The lowest BCUT2D eigenvalue weighted by atomic mass is 9.78. The quantitative estimate of drug-likeness (QED) is 0.416. The molecular weight excluding hydrogens is 510 g/mol. The molecule has 0 bridgehead atoms. The van der Waals surface area contributed by atoms with Gasteiger partial charge in [0.15, 0.2) is 5.60 Å². The highest BCUT2D eigenvalue weighted by Crippen LogP contribution is 2.36. The van der Waals surface area contributed by atoms with E-state index in [-0.39, 0.29) is 32.0 Å². The van der Waals surface area contributed by atoms with Crippen LogP contribution >= 0.6 is 11.6 Å². The molecule has 1 saturated heterocycles. The van der Waals surface area contributed by atoms with Crippen LogP contribution in [0, 0.1) is 11.3 Å². The molecule has 1 saturated carbocycles. The molecule has 1 unspecified atom stereocenters. The Kier molecular flexibility index (Phi) is 10.1. The number of morpholine rings is 1. The molecule has 2 fully saturated rings. The van der Waals surface area contributed by atoms with Gasteiger partial charge in [0, 0.05) is 44.0 Å². The molecule has 1 aliphatic heterocycles. The third kappa shape index (κ3) is 7.30. The van der Waals surface area contributed by atoms with E-state index < -0.39 is 23.9 Å². The minimum atomic E-state index is -1.44. The smallest absolute Gasteiger partial charge is 0.252 e. The number of ether oxygens (including phenoxy) is 3. The molecule has 204 valence electrons. The first-order valence-corrected chi connectivity index (χ1v) is 13.2. The number of aliphatic hydroxyl groups is 2. The molecular formula is C28H34ClN3O6. The molecule has 2 aromatic carbocycles. The van der Waals surface area contributed by atoms with Gasteiger partial charge in [0.2, 0.25) is 0 Å². The van der Waals surface area contributed by atoms with E-state index in [0.29, 0.717) is 42.5 Å². The first-order chi connectivity index (χ1) is 18.4. The summed E-state index contributed by atoms with van der Waals surface area (Å²) in [6, 6.07) is 16.3. The number of nitrogens with zero attached hydrogens (tertiary/aromatic N) is 2. The maximum atomic E-state index is 13.6. The predicted molar refractivity (Wildman–Crippen MR) is 140 cm³/mol. The number of benzene rings is 2. The number of aliphatic hydroxyl groups excluding tert-OH is 2. The van der Waals surface area contributed by atoms with Gasteiger partial charge < -0.3 is 29.7 Å². The van der Waals surface area contributed by atoms with Crippen LogP contribution < -0.4 is 5.32 Å². The van der Waals surface area contributed by atoms with Crippen LogP contribution in [0.15, 0.2) is 48.5 Å². The van der Waals surface area contributed by atoms with Crippen molar-refractivity contribution in [3.8, 4) is 6.07 Å². The van der Waals surface area contributed by atoms with Crippen molar-refractivity contribution in [2.24, 2.45) is 0 Å². The number of nitrogens with one attached hydrogen (secondary N) is 1. The Morgan fingerprint density at radius 1 is 1.16 bits per heavy atom. The molecule has 0 radical (unpaired) electrons. The molecule has 2 aromatic rings. The van der Waals surface area contributed by atoms with Gasteiger partial charge in [-0.3, -0.25) is 9.69 Å². The van der Waals surface area contributed by atoms with Crippen LogP contribution in [-0.2, 0) is 32.2 Å². The predicted octanol–water partition coefficient (Wildman–Crippen LogP) is 2.02. The lowest BCUT2D eigenvalue weighted by Crippen LogP contribution is -2.61. The first-order valence-electron chi connectivity index (χ1n) is 12.8. The zero-order valence-corrected chi connectivity index (χ0v) is 22.0. The van der Waals surface area contributed by atoms with Crippen LogP contribution in [0.25, 0.3) is 0 Å². The van der Waals surface area contributed by atoms with E-state index in [9.17, 15) is 20.3 Å². The van der Waals surface area contributed by atoms with Gasteiger partial charge in [-0.2, -0.15) is 5.26 Å². The first kappa shape index (κ1) is 28.5. The second-order valence-electron chi connectivity index (χ2n) is 9.71. The third-order valence-electron chi connectivity index (χ3n) is 7.07. The van der Waals surface area contributed by atoms with Crippen molar-refractivity contribution in [2.45, 2.75) is 50.0 Å². The minimum absolute atomic E-state index is 0.0316. The SMILES string of the molecule is N#Cc1ccccc1COC1C[C@](OCc2cccc(Cl)c2)(C(=O)NCCN2CCOCC2)C[C@@H](O)[C@H]1O. The Morgan fingerprint density at radius 2 is 1.95 bits per heavy atom. The van der Waals surface area contributed by atoms with Crippen molar-refractivity contribution in [2.75, 3.05) is 39.4 Å². The zero-order chi connectivity index (χ0) is 27.0. The molecule has 38 heavy (non-hydrogen) atoms. The molecule has 1 amide bonds. The Balaban J connectivity index is 1.49. The van der Waals surface area contributed by atoms with E-state index in [4.69, 9.17) is 25.8 Å². The number of rotatable bonds is 10. The minimum Gasteiger partial charge on any atom is -0.390 e. The lowest BCUT2D eigenvalue weighted by molar-refractivity contribution is -0.200. The highest BCUT2D eigenvalue weighted by molar-refractivity contribution is 6.30. The number of hydrogen-bond donors (Lipinski definition) is 3. The summed E-state index contributed by atoms with van der Waals surface area (Å²) in [5, 5.41) is 34.5. The van der Waals surface area contributed by atoms with Gasteiger partial charge in [0.05, 0.1) is 50.3 Å². The second-order valence-corrected chi connectivity index (χ2v) is 10.1. The molecule has 2 aliphatic rings. The molecule has 0 aromatic heterocycles. The fourth-order valence-electron chi connectivity index (χ4n) is 4.88. The van der Waals surface area contributed by atoms with Crippen molar-refractivity contribution < 1.29 is 29.2 Å². The largest absolute Gasteiger partial charge is 0.390 e. The van der Waals surface area contributed by atoms with Crippen molar-refractivity contribution in [3.05, 3.63) is 70.2 Å². The topological polar surface area (TPSA) is 124 Å². The van der Waals surface area contributed by atoms with Gasteiger partial charge in [-0.05, 0) is 29.3 Å². The highest BCUT2D eigenvalue weighted by Gasteiger charge is 2.51. The van der Waals surface area contributed by atoms with Crippen LogP contribution in [0.3, 0.4) is 0 Å². The van der Waals surface area contributed by atoms with E-state index in [1.54, 1.807) is 42.5 Å². The third-order valence-corrected chi connectivity index (χ3v) is 7.31. The van der Waals surface area contributed by atoms with Gasteiger partial charge in [0.25, 0.3) is 5.91 Å². The zero-order valence-electron chi connectivity index (χ0n) is 21.2. The van der Waals surface area contributed by atoms with Crippen molar-refractivity contribution in [1.29, 1.82) is 5.26 Å². The Labute approximate surface area is 227 Å². The summed E-state index contributed by atoms with van der Waals surface area (Å²) in [7, 11) is 0. The van der Waals surface area contributed by atoms with E-state index in [0.717, 1.165) is 18.7 Å².